The highest BCUT2D eigenvalue weighted by Gasteiger charge is 2.35. The number of carbonyl (C=O) groups is 2. The number of nitrogens with zero attached hydrogens (tertiary/aromatic N) is 2. The third-order valence-electron chi connectivity index (χ3n) is 2.88. The zero-order chi connectivity index (χ0) is 15.6. The second-order valence-corrected chi connectivity index (χ2v) is 4.47. The lowest BCUT2D eigenvalue weighted by Gasteiger charge is -2.11. The Balaban J connectivity index is 2.24. The summed E-state index contributed by atoms with van der Waals surface area (Å²) in [6.07, 6.45) is -2.58. The fourth-order valence-electron chi connectivity index (χ4n) is 1.88. The Labute approximate surface area is 118 Å². The molecule has 110 valence electrons. The number of hydrogen-bond acceptors (Lipinski definition) is 3. The molecule has 0 N–H and O–H groups in total. The van der Waals surface area contributed by atoms with Crippen LogP contribution in [0.5, 0.6) is 0 Å². The first-order chi connectivity index (χ1) is 9.79. The summed E-state index contributed by atoms with van der Waals surface area (Å²) in [6, 6.07) is 4.42. The Morgan fingerprint density at radius 2 is 1.86 bits per heavy atom. The van der Waals surface area contributed by atoms with E-state index < -0.39 is 35.3 Å². The maximum absolute atomic E-state index is 12.8. The number of ketones is 2. The summed E-state index contributed by atoms with van der Waals surface area (Å²) in [4.78, 5) is 23.8. The molecule has 2 rings (SSSR count). The van der Waals surface area contributed by atoms with Gasteiger partial charge >= 0.3 is 6.18 Å². The molecule has 0 spiro atoms. The smallest absolute Gasteiger partial charge is 0.294 e. The average molecular weight is 296 g/mol. The molecular weight excluding hydrogens is 285 g/mol. The first kappa shape index (κ1) is 15.0. The maximum Gasteiger partial charge on any atom is 0.417 e. The van der Waals surface area contributed by atoms with Crippen LogP contribution >= 0.6 is 0 Å². The highest BCUT2D eigenvalue weighted by Crippen LogP contribution is 2.32. The van der Waals surface area contributed by atoms with Crippen LogP contribution in [0.3, 0.4) is 0 Å². The highest BCUT2D eigenvalue weighted by atomic mass is 19.4. The lowest BCUT2D eigenvalue weighted by Crippen LogP contribution is -2.15. The van der Waals surface area contributed by atoms with Gasteiger partial charge in [-0.3, -0.25) is 14.3 Å². The quantitative estimate of drug-likeness (QED) is 0.644. The third kappa shape index (κ3) is 3.36. The van der Waals surface area contributed by atoms with Gasteiger partial charge in [0.15, 0.2) is 11.6 Å². The zero-order valence-corrected chi connectivity index (χ0v) is 11.0. The number of halogens is 3. The van der Waals surface area contributed by atoms with Gasteiger partial charge in [-0.15, -0.1) is 0 Å². The van der Waals surface area contributed by atoms with Crippen LogP contribution in [0.2, 0.25) is 0 Å². The Hall–Kier alpha value is -2.44. The molecule has 7 heteroatoms. The summed E-state index contributed by atoms with van der Waals surface area (Å²) in [6.45, 7) is 0. The van der Waals surface area contributed by atoms with E-state index in [1.165, 1.54) is 29.2 Å². The largest absolute Gasteiger partial charge is 0.417 e. The molecule has 0 atom stereocenters. The fraction of sp³-hybridized carbons (Fsp3) is 0.214. The van der Waals surface area contributed by atoms with E-state index >= 15 is 0 Å². The van der Waals surface area contributed by atoms with Crippen LogP contribution in [-0.2, 0) is 13.2 Å². The minimum atomic E-state index is -4.64. The number of Topliss-reactive ketones (excluding diaryl/α,β-unsaturated/α-hetero) is 2. The molecule has 1 heterocycles. The van der Waals surface area contributed by atoms with Crippen molar-refractivity contribution in [3.05, 3.63) is 53.3 Å². The Kier molecular flexibility index (Phi) is 3.93. The summed E-state index contributed by atoms with van der Waals surface area (Å²) in [5.41, 5.74) is -1.34. The molecule has 0 amide bonds. The molecular formula is C14H11F3N2O2. The maximum atomic E-state index is 12.8. The van der Waals surface area contributed by atoms with E-state index in [4.69, 9.17) is 0 Å². The normalized spacial score (nSPS) is 11.4. The van der Waals surface area contributed by atoms with Gasteiger partial charge in [0.25, 0.3) is 0 Å². The van der Waals surface area contributed by atoms with Crippen LogP contribution in [0.4, 0.5) is 13.2 Å². The first-order valence-electron chi connectivity index (χ1n) is 6.00. The number of aromatic nitrogens is 2. The van der Waals surface area contributed by atoms with Crippen molar-refractivity contribution in [2.24, 2.45) is 7.05 Å². The van der Waals surface area contributed by atoms with Crippen molar-refractivity contribution in [1.82, 2.24) is 9.78 Å². The lowest BCUT2D eigenvalue weighted by atomic mass is 9.98. The van der Waals surface area contributed by atoms with Gasteiger partial charge in [-0.2, -0.15) is 18.3 Å². The van der Waals surface area contributed by atoms with Crippen LogP contribution in [0.1, 0.15) is 32.7 Å². The molecule has 0 radical (unpaired) electrons. The van der Waals surface area contributed by atoms with Gasteiger partial charge < -0.3 is 0 Å². The molecule has 1 aromatic carbocycles. The van der Waals surface area contributed by atoms with E-state index in [0.717, 1.165) is 12.1 Å². The van der Waals surface area contributed by atoms with Crippen molar-refractivity contribution in [2.75, 3.05) is 0 Å². The van der Waals surface area contributed by atoms with Crippen molar-refractivity contribution in [2.45, 2.75) is 12.6 Å². The van der Waals surface area contributed by atoms with Crippen LogP contribution in [0, 0.1) is 0 Å². The van der Waals surface area contributed by atoms with Gasteiger partial charge in [-0.25, -0.2) is 0 Å². The molecule has 0 saturated carbocycles. The minimum Gasteiger partial charge on any atom is -0.294 e. The number of alkyl halides is 3. The molecule has 0 aliphatic heterocycles. The number of hydrogen-bond donors (Lipinski definition) is 0. The third-order valence-corrected chi connectivity index (χ3v) is 2.88. The molecule has 2 aromatic rings. The van der Waals surface area contributed by atoms with Crippen LogP contribution in [0.25, 0.3) is 0 Å². The van der Waals surface area contributed by atoms with Gasteiger partial charge in [-0.1, -0.05) is 18.2 Å². The Bertz CT molecular complexity index is 690. The fourth-order valence-corrected chi connectivity index (χ4v) is 1.88. The Morgan fingerprint density at radius 1 is 1.19 bits per heavy atom. The summed E-state index contributed by atoms with van der Waals surface area (Å²) >= 11 is 0. The first-order valence-corrected chi connectivity index (χ1v) is 6.00. The SMILES string of the molecule is Cn1cc(C(=O)CC(=O)c2ccccc2C(F)(F)F)cn1. The van der Waals surface area contributed by atoms with Crippen LogP contribution in [0.15, 0.2) is 36.7 Å². The molecule has 0 saturated heterocycles. The summed E-state index contributed by atoms with van der Waals surface area (Å²) in [5, 5.41) is 3.78. The molecule has 1 aromatic heterocycles. The average Bonchev–Trinajstić information content (AvgIpc) is 2.84. The summed E-state index contributed by atoms with van der Waals surface area (Å²) < 4.78 is 39.8. The second kappa shape index (κ2) is 5.51. The standard InChI is InChI=1S/C14H11F3N2O2/c1-19-8-9(7-18-19)12(20)6-13(21)10-4-2-3-5-11(10)14(15,16)17/h2-5,7-8H,6H2,1H3. The molecule has 0 unspecified atom stereocenters. The molecule has 0 aliphatic carbocycles. The number of carbonyl (C=O) groups excluding carboxylic acids is 2. The van der Waals surface area contributed by atoms with Gasteiger partial charge in [0.05, 0.1) is 23.7 Å². The zero-order valence-electron chi connectivity index (χ0n) is 11.0. The number of benzene rings is 1. The molecule has 4 nitrogen and oxygen atoms in total. The van der Waals surface area contributed by atoms with Crippen LogP contribution in [-0.4, -0.2) is 21.3 Å². The van der Waals surface area contributed by atoms with Crippen LogP contribution < -0.4 is 0 Å². The molecule has 0 bridgehead atoms. The predicted molar refractivity (Wildman–Crippen MR) is 67.9 cm³/mol. The highest BCUT2D eigenvalue weighted by molar-refractivity contribution is 6.13. The van der Waals surface area contributed by atoms with Crippen molar-refractivity contribution in [3.8, 4) is 0 Å². The summed E-state index contributed by atoms with van der Waals surface area (Å²) in [5.74, 6) is -1.43. The number of aryl methyl sites for hydroxylation is 1. The van der Waals surface area contributed by atoms with E-state index in [1.54, 1.807) is 7.05 Å². The van der Waals surface area contributed by atoms with E-state index in [-0.39, 0.29) is 5.56 Å². The van der Waals surface area contributed by atoms with Crippen molar-refractivity contribution < 1.29 is 22.8 Å². The predicted octanol–water partition coefficient (Wildman–Crippen LogP) is 2.89. The summed E-state index contributed by atoms with van der Waals surface area (Å²) in [7, 11) is 1.59. The monoisotopic (exact) mass is 296 g/mol. The van der Waals surface area contributed by atoms with E-state index in [2.05, 4.69) is 5.10 Å². The van der Waals surface area contributed by atoms with E-state index in [9.17, 15) is 22.8 Å². The van der Waals surface area contributed by atoms with Gasteiger partial charge in [-0.05, 0) is 6.07 Å². The van der Waals surface area contributed by atoms with Crippen molar-refractivity contribution >= 4 is 11.6 Å². The Morgan fingerprint density at radius 3 is 2.43 bits per heavy atom. The second-order valence-electron chi connectivity index (χ2n) is 4.47. The molecule has 21 heavy (non-hydrogen) atoms. The van der Waals surface area contributed by atoms with E-state index in [0.29, 0.717) is 0 Å². The number of rotatable bonds is 4. The van der Waals surface area contributed by atoms with Gasteiger partial charge in [0.2, 0.25) is 0 Å². The lowest BCUT2D eigenvalue weighted by molar-refractivity contribution is -0.137. The molecule has 0 fully saturated rings. The van der Waals surface area contributed by atoms with Gasteiger partial charge in [0, 0.05) is 18.8 Å². The van der Waals surface area contributed by atoms with Crippen molar-refractivity contribution in [3.63, 3.8) is 0 Å². The van der Waals surface area contributed by atoms with Crippen molar-refractivity contribution in [1.29, 1.82) is 0 Å². The topological polar surface area (TPSA) is 52.0 Å². The molecule has 0 aliphatic rings. The minimum absolute atomic E-state index is 0.190. The van der Waals surface area contributed by atoms with E-state index in [1.807, 2.05) is 0 Å². The van der Waals surface area contributed by atoms with Gasteiger partial charge in [0.1, 0.15) is 0 Å².